The second-order valence-electron chi connectivity index (χ2n) is 1.25. The van der Waals surface area contributed by atoms with Gasteiger partial charge in [-0.3, -0.25) is 0 Å². The predicted octanol–water partition coefficient (Wildman–Crippen LogP) is 4.91. The summed E-state index contributed by atoms with van der Waals surface area (Å²) >= 11 is 13.8. The van der Waals surface area contributed by atoms with Crippen molar-refractivity contribution in [3.8, 4) is 11.8 Å². The first-order valence-corrected chi connectivity index (χ1v) is 8.36. The van der Waals surface area contributed by atoms with Crippen LogP contribution in [0.1, 0.15) is 0 Å². The Labute approximate surface area is 142 Å². The molecule has 0 saturated heterocycles. The lowest BCUT2D eigenvalue weighted by Gasteiger charge is -2.03. The number of hydrogen-bond donors (Lipinski definition) is 0. The summed E-state index contributed by atoms with van der Waals surface area (Å²) in [5.41, 5.74) is 0. The average Bonchev–Trinajstić information content (AvgIpc) is 1.57. The predicted molar refractivity (Wildman–Crippen MR) is 97.4 cm³/mol. The third-order valence-electron chi connectivity index (χ3n) is 0.346. The summed E-state index contributed by atoms with van der Waals surface area (Å²) < 4.78 is 0.0834. The van der Waals surface area contributed by atoms with Gasteiger partial charge in [-0.15, -0.1) is 0 Å². The fourth-order valence-electron chi connectivity index (χ4n) is 0.142. The maximum Gasteiger partial charge on any atom is 0.183 e. The molecule has 6 heteroatoms. The number of alkyl halides is 6. The lowest BCUT2D eigenvalue weighted by atomic mass is 10.7. The van der Waals surface area contributed by atoms with Crippen LogP contribution in [0.4, 0.5) is 0 Å². The molecule has 0 atom stereocenters. The van der Waals surface area contributed by atoms with Crippen molar-refractivity contribution < 1.29 is 0 Å². The molecule has 0 spiro atoms. The number of hydrogen-bond acceptors (Lipinski definition) is 0. The zero-order valence-electron chi connectivity index (χ0n) is 4.27. The second-order valence-corrected chi connectivity index (χ2v) is 23.3. The van der Waals surface area contributed by atoms with Crippen molar-refractivity contribution in [1.29, 1.82) is 0 Å². The molecule has 0 aromatic carbocycles. The molecule has 0 amide bonds. The van der Waals surface area contributed by atoms with E-state index < -0.39 is 0 Å². The van der Waals surface area contributed by atoms with E-state index in [1.54, 1.807) is 0 Å². The zero-order chi connectivity index (χ0) is 8.41. The van der Waals surface area contributed by atoms with E-state index in [0.717, 1.165) is 0 Å². The van der Waals surface area contributed by atoms with Gasteiger partial charge in [0.1, 0.15) is 0 Å². The number of rotatable bonds is 0. The maximum absolute atomic E-state index is 3.15. The first kappa shape index (κ1) is 13.9. The lowest BCUT2D eigenvalue weighted by Crippen LogP contribution is -1.97. The molecule has 0 bridgehead atoms. The van der Waals surface area contributed by atoms with E-state index in [4.69, 9.17) is 0 Å². The summed E-state index contributed by atoms with van der Waals surface area (Å²) in [4.78, 5) is 0. The van der Waals surface area contributed by atoms with Gasteiger partial charge in [-0.05, 0) is 136 Å². The molecule has 0 aromatic rings. The van der Waals surface area contributed by atoms with Gasteiger partial charge in [0.25, 0.3) is 0 Å². The lowest BCUT2D eigenvalue weighted by molar-refractivity contribution is 1.82. The molecule has 0 saturated carbocycles. The van der Waals surface area contributed by atoms with Crippen LogP contribution in [-0.2, 0) is 0 Å². The average molecular weight is 809 g/mol. The molecular formula is C4I6. The van der Waals surface area contributed by atoms with Gasteiger partial charge < -0.3 is 0 Å². The fourth-order valence-corrected chi connectivity index (χ4v) is 0.951. The molecule has 0 aliphatic heterocycles. The summed E-state index contributed by atoms with van der Waals surface area (Å²) in [7, 11) is 0. The third-order valence-corrected chi connectivity index (χ3v) is 1.96. The van der Waals surface area contributed by atoms with Crippen LogP contribution in [0.3, 0.4) is 0 Å². The van der Waals surface area contributed by atoms with Crippen LogP contribution >= 0.6 is 136 Å². The molecule has 0 heterocycles. The Bertz CT molecular complexity index is 143. The standard InChI is InChI=1S/C4I6/c5-3(6,7)1-2-4(8,9)10. The van der Waals surface area contributed by atoms with Gasteiger partial charge >= 0.3 is 0 Å². The molecule has 10 heavy (non-hydrogen) atoms. The highest BCUT2D eigenvalue weighted by atomic mass is 127. The van der Waals surface area contributed by atoms with E-state index in [2.05, 4.69) is 147 Å². The topological polar surface area (TPSA) is 0 Å². The maximum atomic E-state index is 3.15. The SMILES string of the molecule is IC(I)(I)C#CC(I)(I)I. The highest BCUT2D eigenvalue weighted by Crippen LogP contribution is 2.38. The monoisotopic (exact) mass is 809 g/mol. The summed E-state index contributed by atoms with van der Waals surface area (Å²) in [6, 6.07) is 0. The molecule has 0 aliphatic carbocycles. The summed E-state index contributed by atoms with van der Waals surface area (Å²) in [5, 5.41) is 0. The molecule has 0 aromatic heterocycles. The molecule has 0 unspecified atom stereocenters. The van der Waals surface area contributed by atoms with Crippen LogP contribution in [0.25, 0.3) is 0 Å². The van der Waals surface area contributed by atoms with E-state index in [9.17, 15) is 0 Å². The molecule has 0 radical (unpaired) electrons. The van der Waals surface area contributed by atoms with Crippen LogP contribution in [-0.4, -0.2) is -1.13 Å². The Hall–Kier alpha value is 3.94. The summed E-state index contributed by atoms with van der Waals surface area (Å²) in [6.07, 6.45) is 0. The smallest absolute Gasteiger partial charge is 0.0611 e. The van der Waals surface area contributed by atoms with Crippen LogP contribution < -0.4 is 0 Å². The van der Waals surface area contributed by atoms with Gasteiger partial charge in [0.2, 0.25) is 0 Å². The van der Waals surface area contributed by atoms with Gasteiger partial charge in [-0.25, -0.2) is 0 Å². The molecule has 58 valence electrons. The van der Waals surface area contributed by atoms with Crippen LogP contribution in [0.15, 0.2) is 0 Å². The largest absolute Gasteiger partial charge is 0.183 e. The highest BCUT2D eigenvalue weighted by Gasteiger charge is 2.16. The van der Waals surface area contributed by atoms with Crippen molar-refractivity contribution >= 4 is 136 Å². The quantitative estimate of drug-likeness (QED) is 0.186. The molecule has 0 rings (SSSR count). The Morgan fingerprint density at radius 3 is 0.900 bits per heavy atom. The molecule has 0 fully saturated rings. The highest BCUT2D eigenvalue weighted by molar-refractivity contribution is 14.3. The normalized spacial score (nSPS) is 12.2. The van der Waals surface area contributed by atoms with Gasteiger partial charge in [-0.2, -0.15) is 0 Å². The Kier molecular flexibility index (Phi) is 7.99. The van der Waals surface area contributed by atoms with Crippen LogP contribution in [0, 0.1) is 11.8 Å². The fraction of sp³-hybridized carbons (Fsp3) is 0.500. The first-order valence-electron chi connectivity index (χ1n) is 1.88. The molecular weight excluding hydrogens is 809 g/mol. The summed E-state index contributed by atoms with van der Waals surface area (Å²) in [5.74, 6) is 6.30. The van der Waals surface area contributed by atoms with Gasteiger partial charge in [0, 0.05) is 0 Å². The molecule has 0 aliphatic rings. The van der Waals surface area contributed by atoms with Crippen molar-refractivity contribution in [3.63, 3.8) is 0 Å². The Balaban J connectivity index is 4.19. The van der Waals surface area contributed by atoms with E-state index in [-0.39, 0.29) is -1.13 Å². The molecule has 0 nitrogen and oxygen atoms in total. The van der Waals surface area contributed by atoms with E-state index >= 15 is 0 Å². The van der Waals surface area contributed by atoms with Crippen molar-refractivity contribution in [2.45, 2.75) is -1.13 Å². The minimum atomic E-state index is 0.0417. The van der Waals surface area contributed by atoms with E-state index in [1.807, 2.05) is 0 Å². The Morgan fingerprint density at radius 1 is 0.600 bits per heavy atom. The second kappa shape index (κ2) is 5.73. The van der Waals surface area contributed by atoms with E-state index in [1.165, 1.54) is 0 Å². The van der Waals surface area contributed by atoms with Crippen molar-refractivity contribution in [1.82, 2.24) is 0 Å². The van der Waals surface area contributed by atoms with E-state index in [0.29, 0.717) is 0 Å². The van der Waals surface area contributed by atoms with Gasteiger partial charge in [0.05, 0.1) is 0 Å². The zero-order valence-corrected chi connectivity index (χ0v) is 17.2. The van der Waals surface area contributed by atoms with Crippen LogP contribution in [0.2, 0.25) is 0 Å². The van der Waals surface area contributed by atoms with Crippen molar-refractivity contribution in [3.05, 3.63) is 0 Å². The van der Waals surface area contributed by atoms with Crippen molar-refractivity contribution in [2.75, 3.05) is 0 Å². The minimum Gasteiger partial charge on any atom is -0.0611 e. The molecule has 0 N–H and O–H groups in total. The number of halogens is 6. The van der Waals surface area contributed by atoms with Crippen molar-refractivity contribution in [2.24, 2.45) is 0 Å². The van der Waals surface area contributed by atoms with Gasteiger partial charge in [-0.1, -0.05) is 11.8 Å². The minimum absolute atomic E-state index is 0.0417. The third kappa shape index (κ3) is 11.9. The van der Waals surface area contributed by atoms with Crippen LogP contribution in [0.5, 0.6) is 0 Å². The first-order chi connectivity index (χ1) is 4.21. The van der Waals surface area contributed by atoms with Gasteiger partial charge in [0.15, 0.2) is -1.13 Å². The summed E-state index contributed by atoms with van der Waals surface area (Å²) in [6.45, 7) is 0. The Morgan fingerprint density at radius 2 is 0.800 bits per heavy atom.